The molecule has 4 N–H and O–H groups in total. The van der Waals surface area contributed by atoms with Crippen molar-refractivity contribution in [3.8, 4) is 5.75 Å². The van der Waals surface area contributed by atoms with E-state index in [4.69, 9.17) is 10.2 Å². The highest BCUT2D eigenvalue weighted by molar-refractivity contribution is 6.36. The van der Waals surface area contributed by atoms with Crippen molar-refractivity contribution in [2.24, 2.45) is 15.2 Å². The number of hydrogen-bond acceptors (Lipinski definition) is 7. The fourth-order valence-corrected chi connectivity index (χ4v) is 2.01. The molecule has 0 aliphatic carbocycles. The van der Waals surface area contributed by atoms with E-state index < -0.39 is 35.3 Å². The van der Waals surface area contributed by atoms with Crippen LogP contribution in [0.2, 0.25) is 0 Å². The smallest absolute Gasteiger partial charge is 0.350 e. The molecule has 0 spiro atoms. The monoisotopic (exact) mass is 398 g/mol. The highest BCUT2D eigenvalue weighted by atomic mass is 16.4. The number of carboxylic acid groups (broad SMARTS) is 2. The molecule has 0 heterocycles. The summed E-state index contributed by atoms with van der Waals surface area (Å²) in [6.45, 7) is 1.09. The van der Waals surface area contributed by atoms with Crippen molar-refractivity contribution in [3.05, 3.63) is 53.6 Å². The Morgan fingerprint density at radius 2 is 1.62 bits per heavy atom. The summed E-state index contributed by atoms with van der Waals surface area (Å²) in [5.74, 6) is -4.08. The van der Waals surface area contributed by atoms with Crippen molar-refractivity contribution >= 4 is 41.0 Å². The summed E-state index contributed by atoms with van der Waals surface area (Å²) in [6, 6.07) is 8.23. The molecule has 11 heteroatoms. The molecule has 0 aromatic heterocycles. The van der Waals surface area contributed by atoms with E-state index in [0.717, 1.165) is 19.1 Å². The number of azo groups is 1. The molecule has 0 saturated heterocycles. The van der Waals surface area contributed by atoms with E-state index in [1.54, 1.807) is 6.07 Å². The minimum Gasteiger partial charge on any atom is -0.507 e. The number of benzene rings is 2. The Morgan fingerprint density at radius 1 is 0.931 bits per heavy atom. The van der Waals surface area contributed by atoms with Gasteiger partial charge in [-0.25, -0.2) is 14.4 Å². The van der Waals surface area contributed by atoms with Gasteiger partial charge >= 0.3 is 18.0 Å². The van der Waals surface area contributed by atoms with Crippen molar-refractivity contribution in [1.82, 2.24) is 5.32 Å². The summed E-state index contributed by atoms with van der Waals surface area (Å²) in [4.78, 5) is 48.9. The maximum Gasteiger partial charge on any atom is 0.350 e. The van der Waals surface area contributed by atoms with Crippen molar-refractivity contribution in [2.45, 2.75) is 6.92 Å². The quantitative estimate of drug-likeness (QED) is 0.441. The third-order valence-electron chi connectivity index (χ3n) is 3.43. The maximum absolute atomic E-state index is 12.3. The Kier molecular flexibility index (Phi) is 6.48. The SMILES string of the molecule is C/C(=N\C(=O)NC(=O)c1ccccc1N=Nc1ccc(O)c(C(=O)O)c1)C(=O)O. The third kappa shape index (κ3) is 5.53. The van der Waals surface area contributed by atoms with E-state index in [1.807, 2.05) is 5.32 Å². The second-order valence-corrected chi connectivity index (χ2v) is 5.49. The van der Waals surface area contributed by atoms with Gasteiger partial charge in [-0.1, -0.05) is 12.1 Å². The molecule has 29 heavy (non-hydrogen) atoms. The molecule has 0 bridgehead atoms. The zero-order valence-electron chi connectivity index (χ0n) is 14.9. The summed E-state index contributed by atoms with van der Waals surface area (Å²) in [6.07, 6.45) is 0. The van der Waals surface area contributed by atoms with E-state index in [0.29, 0.717) is 0 Å². The van der Waals surface area contributed by atoms with Gasteiger partial charge < -0.3 is 15.3 Å². The normalized spacial score (nSPS) is 11.3. The van der Waals surface area contributed by atoms with Crippen LogP contribution in [0.5, 0.6) is 5.75 Å². The molecule has 0 unspecified atom stereocenters. The van der Waals surface area contributed by atoms with Crippen LogP contribution >= 0.6 is 0 Å². The first-order chi connectivity index (χ1) is 13.7. The average Bonchev–Trinajstić information content (AvgIpc) is 2.67. The molecule has 0 aliphatic rings. The van der Waals surface area contributed by atoms with E-state index in [-0.39, 0.29) is 22.5 Å². The molecular formula is C18H14N4O7. The number of aliphatic carboxylic acids is 1. The van der Waals surface area contributed by atoms with Crippen LogP contribution in [0.1, 0.15) is 27.6 Å². The number of aliphatic imine (C=N–C) groups is 1. The Hall–Kier alpha value is -4.41. The lowest BCUT2D eigenvalue weighted by Gasteiger charge is -2.04. The predicted octanol–water partition coefficient (Wildman–Crippen LogP) is 2.90. The number of aromatic hydroxyl groups is 1. The van der Waals surface area contributed by atoms with Gasteiger partial charge in [0, 0.05) is 0 Å². The number of aromatic carboxylic acids is 1. The van der Waals surface area contributed by atoms with Crippen LogP contribution < -0.4 is 5.32 Å². The molecule has 11 nitrogen and oxygen atoms in total. The van der Waals surface area contributed by atoms with Gasteiger partial charge in [0.25, 0.3) is 5.91 Å². The summed E-state index contributed by atoms with van der Waals surface area (Å²) in [7, 11) is 0. The van der Waals surface area contributed by atoms with Gasteiger partial charge in [0.15, 0.2) is 0 Å². The number of nitrogens with one attached hydrogen (secondary N) is 1. The molecule has 2 rings (SSSR count). The van der Waals surface area contributed by atoms with Crippen molar-refractivity contribution in [1.29, 1.82) is 0 Å². The number of carbonyl (C=O) groups is 4. The number of phenols is 1. The zero-order valence-corrected chi connectivity index (χ0v) is 14.9. The van der Waals surface area contributed by atoms with Crippen LogP contribution in [-0.4, -0.2) is 44.9 Å². The fourth-order valence-electron chi connectivity index (χ4n) is 2.01. The van der Waals surface area contributed by atoms with E-state index in [2.05, 4.69) is 15.2 Å². The molecular weight excluding hydrogens is 384 g/mol. The predicted molar refractivity (Wildman–Crippen MR) is 99.3 cm³/mol. The van der Waals surface area contributed by atoms with Gasteiger partial charge in [0.1, 0.15) is 17.0 Å². The Balaban J connectivity index is 2.26. The highest BCUT2D eigenvalue weighted by Crippen LogP contribution is 2.26. The van der Waals surface area contributed by atoms with Crippen molar-refractivity contribution in [3.63, 3.8) is 0 Å². The summed E-state index contributed by atoms with van der Waals surface area (Å²) >= 11 is 0. The van der Waals surface area contributed by atoms with Crippen LogP contribution in [0.25, 0.3) is 0 Å². The number of amides is 3. The number of rotatable bonds is 5. The van der Waals surface area contributed by atoms with Crippen LogP contribution in [0, 0.1) is 0 Å². The topological polar surface area (TPSA) is 178 Å². The number of nitrogens with zero attached hydrogens (tertiary/aromatic N) is 3. The lowest BCUT2D eigenvalue weighted by atomic mass is 10.1. The van der Waals surface area contributed by atoms with E-state index in [1.165, 1.54) is 24.3 Å². The van der Waals surface area contributed by atoms with E-state index >= 15 is 0 Å². The molecule has 3 amide bonds. The first-order valence-electron chi connectivity index (χ1n) is 7.90. The van der Waals surface area contributed by atoms with Gasteiger partial charge in [-0.3, -0.25) is 10.1 Å². The molecule has 0 saturated carbocycles. The van der Waals surface area contributed by atoms with Crippen LogP contribution in [-0.2, 0) is 4.79 Å². The molecule has 0 fully saturated rings. The number of urea groups is 1. The van der Waals surface area contributed by atoms with Crippen LogP contribution in [0.15, 0.2) is 57.7 Å². The summed E-state index contributed by atoms with van der Waals surface area (Å²) in [5, 5.41) is 36.8. The molecule has 0 aliphatic heterocycles. The Labute approximate surface area is 163 Å². The van der Waals surface area contributed by atoms with Crippen molar-refractivity contribution in [2.75, 3.05) is 0 Å². The Bertz CT molecular complexity index is 1060. The minimum absolute atomic E-state index is 0.0509. The van der Waals surface area contributed by atoms with Gasteiger partial charge in [0.2, 0.25) is 0 Å². The molecule has 2 aromatic carbocycles. The van der Waals surface area contributed by atoms with Crippen molar-refractivity contribution < 1.29 is 34.5 Å². The highest BCUT2D eigenvalue weighted by Gasteiger charge is 2.15. The maximum atomic E-state index is 12.3. The lowest BCUT2D eigenvalue weighted by Crippen LogP contribution is -2.29. The average molecular weight is 398 g/mol. The second kappa shape index (κ2) is 8.99. The third-order valence-corrected chi connectivity index (χ3v) is 3.43. The number of imide groups is 1. The molecule has 148 valence electrons. The second-order valence-electron chi connectivity index (χ2n) is 5.49. The number of carbonyl (C=O) groups excluding carboxylic acids is 2. The summed E-state index contributed by atoms with van der Waals surface area (Å²) in [5.41, 5.74) is -0.755. The number of carboxylic acids is 2. The van der Waals surface area contributed by atoms with Gasteiger partial charge in [-0.15, -0.1) is 5.11 Å². The number of hydrogen-bond donors (Lipinski definition) is 4. The fraction of sp³-hybridized carbons (Fsp3) is 0.0556. The van der Waals surface area contributed by atoms with Crippen LogP contribution in [0.4, 0.5) is 16.2 Å². The lowest BCUT2D eigenvalue weighted by molar-refractivity contribution is -0.129. The van der Waals surface area contributed by atoms with Gasteiger partial charge in [-0.2, -0.15) is 10.1 Å². The van der Waals surface area contributed by atoms with Gasteiger partial charge in [-0.05, 0) is 37.3 Å². The first kappa shape index (κ1) is 20.9. The Morgan fingerprint density at radius 3 is 2.28 bits per heavy atom. The van der Waals surface area contributed by atoms with Gasteiger partial charge in [0.05, 0.1) is 16.9 Å². The standard InChI is InChI=1S/C18H14N4O7/c1-9(16(25)26)19-18(29)20-15(24)11-4-2-3-5-13(11)22-21-10-6-7-14(23)12(8-10)17(27)28/h2-8,23H,1H3,(H,25,26)(H,27,28)(H,20,24,29)/b19-9+,22-21?. The molecule has 0 atom stereocenters. The minimum atomic E-state index is -1.41. The van der Waals surface area contributed by atoms with E-state index in [9.17, 15) is 24.3 Å². The molecule has 0 radical (unpaired) electrons. The zero-order chi connectivity index (χ0) is 21.6. The molecule has 2 aromatic rings. The van der Waals surface area contributed by atoms with Crippen LogP contribution in [0.3, 0.4) is 0 Å². The summed E-state index contributed by atoms with van der Waals surface area (Å²) < 4.78 is 0. The first-order valence-corrected chi connectivity index (χ1v) is 7.90. The largest absolute Gasteiger partial charge is 0.507 e.